The van der Waals surface area contributed by atoms with Crippen molar-refractivity contribution >= 4 is 60.8 Å². The van der Waals surface area contributed by atoms with Crippen LogP contribution in [0.2, 0.25) is 0 Å². The van der Waals surface area contributed by atoms with Gasteiger partial charge in [0.05, 0.1) is 23.4 Å². The van der Waals surface area contributed by atoms with Crippen LogP contribution in [0, 0.1) is 36.4 Å². The molecule has 3 aromatic heterocycles. The number of fused-ring (bicyclic) bond motifs is 2. The fourth-order valence-corrected chi connectivity index (χ4v) is 8.29. The highest BCUT2D eigenvalue weighted by molar-refractivity contribution is 7.22. The summed E-state index contributed by atoms with van der Waals surface area (Å²) in [5.74, 6) is 7.28. The summed E-state index contributed by atoms with van der Waals surface area (Å²) in [5, 5.41) is 23.7. The molecule has 0 saturated carbocycles. The molecule has 0 aliphatic carbocycles. The predicted molar refractivity (Wildman–Crippen MR) is 207 cm³/mol. The first-order valence-electron chi connectivity index (χ1n) is 17.7. The van der Waals surface area contributed by atoms with E-state index in [9.17, 15) is 14.3 Å². The van der Waals surface area contributed by atoms with Crippen LogP contribution in [0.5, 0.6) is 5.75 Å². The van der Waals surface area contributed by atoms with Crippen molar-refractivity contribution in [1.82, 2.24) is 25.1 Å². The summed E-state index contributed by atoms with van der Waals surface area (Å²) < 4.78 is 21.8. The maximum absolute atomic E-state index is 14.9. The van der Waals surface area contributed by atoms with E-state index in [2.05, 4.69) is 69.9 Å². The van der Waals surface area contributed by atoms with Crippen molar-refractivity contribution in [3.63, 3.8) is 0 Å². The number of anilines is 4. The van der Waals surface area contributed by atoms with E-state index in [1.165, 1.54) is 17.4 Å². The second-order valence-corrected chi connectivity index (χ2v) is 15.9. The number of nitrogens with one attached hydrogen (secondary N) is 1. The molecule has 0 spiro atoms. The zero-order chi connectivity index (χ0) is 36.8. The van der Waals surface area contributed by atoms with Gasteiger partial charge in [-0.2, -0.15) is 0 Å². The van der Waals surface area contributed by atoms with E-state index in [-0.39, 0.29) is 18.1 Å². The Hall–Kier alpha value is -4.64. The van der Waals surface area contributed by atoms with Gasteiger partial charge in [0, 0.05) is 41.2 Å². The second-order valence-electron chi connectivity index (χ2n) is 13.8. The van der Waals surface area contributed by atoms with Gasteiger partial charge < -0.3 is 20.1 Å². The van der Waals surface area contributed by atoms with Gasteiger partial charge in [0.25, 0.3) is 0 Å². The lowest BCUT2D eigenvalue weighted by Gasteiger charge is -2.28. The molecule has 272 valence electrons. The number of carboxylic acid groups (broad SMARTS) is 1. The highest BCUT2D eigenvalue weighted by Crippen LogP contribution is 2.39. The number of hydrogen-bond donors (Lipinski definition) is 2. The van der Waals surface area contributed by atoms with Crippen LogP contribution in [-0.2, 0) is 12.8 Å². The number of halogens is 1. The number of ether oxygens (including phenoxy) is 1. The molecular weight excluding hydrogens is 698 g/mol. The molecule has 4 heterocycles. The lowest BCUT2D eigenvalue weighted by Crippen LogP contribution is -2.31. The zero-order valence-electron chi connectivity index (χ0n) is 30.2. The van der Waals surface area contributed by atoms with Crippen LogP contribution in [-0.4, -0.2) is 68.9 Å². The standard InChI is InChI=1S/C39H44FN7O3S2/c1-24(2)22-46(23-25(3)4)18-8-11-27-16-17-31(29(40)21-27)50-20-10-15-33-34(37(48)49)42-39(52-33)47-19-9-12-28-26(5)35(44-45-36(28)47)43-38-41-30-13-6-7-14-32(30)51-38/h6-7,13-14,16-17,21,24-25H,9-10,12,15,18-20,22-23H2,1-5H3,(H,48,49)(H,41,43,44). The third-order valence-electron chi connectivity index (χ3n) is 8.55. The van der Waals surface area contributed by atoms with Gasteiger partial charge in [-0.15, -0.1) is 21.5 Å². The van der Waals surface area contributed by atoms with Gasteiger partial charge in [-0.25, -0.2) is 19.2 Å². The molecule has 6 rings (SSSR count). The molecular formula is C39H44FN7O3S2. The fourth-order valence-electron chi connectivity index (χ4n) is 6.30. The van der Waals surface area contributed by atoms with Crippen molar-refractivity contribution in [2.75, 3.05) is 43.0 Å². The van der Waals surface area contributed by atoms with E-state index in [0.717, 1.165) is 52.4 Å². The topological polar surface area (TPSA) is 117 Å². The van der Waals surface area contributed by atoms with Crippen LogP contribution < -0.4 is 15.0 Å². The summed E-state index contributed by atoms with van der Waals surface area (Å²) in [7, 11) is 0. The number of aromatic carboxylic acids is 1. The Labute approximate surface area is 312 Å². The number of carboxylic acids is 1. The summed E-state index contributed by atoms with van der Waals surface area (Å²) in [5.41, 5.74) is 3.56. The van der Waals surface area contributed by atoms with E-state index in [1.807, 2.05) is 36.1 Å². The van der Waals surface area contributed by atoms with Gasteiger partial charge in [-0.1, -0.05) is 63.0 Å². The van der Waals surface area contributed by atoms with Crippen molar-refractivity contribution in [3.05, 3.63) is 75.5 Å². The summed E-state index contributed by atoms with van der Waals surface area (Å²) in [4.78, 5) is 26.4. The number of carbonyl (C=O) groups is 1. The number of hydrogen-bond acceptors (Lipinski definition) is 11. The highest BCUT2D eigenvalue weighted by atomic mass is 32.1. The first kappa shape index (κ1) is 37.1. The number of aromatic nitrogens is 4. The molecule has 0 unspecified atom stereocenters. The third-order valence-corrected chi connectivity index (χ3v) is 10.6. The number of benzene rings is 2. The van der Waals surface area contributed by atoms with E-state index >= 15 is 0 Å². The Kier molecular flexibility index (Phi) is 12.0. The third kappa shape index (κ3) is 9.04. The quantitative estimate of drug-likeness (QED) is 0.0848. The van der Waals surface area contributed by atoms with Crippen LogP contribution in [0.15, 0.2) is 42.5 Å². The van der Waals surface area contributed by atoms with Crippen molar-refractivity contribution in [3.8, 4) is 17.6 Å². The SMILES string of the molecule is Cc1c(Nc2nc3ccccc3s2)nnc2c1CCCN2c1nc(C(=O)O)c(CCCOc2ccc(C#CCN(CC(C)C)CC(C)C)cc2F)s1. The number of rotatable bonds is 14. The number of para-hydroxylation sites is 1. The van der Waals surface area contributed by atoms with E-state index in [1.54, 1.807) is 23.5 Å². The van der Waals surface area contributed by atoms with E-state index < -0.39 is 11.8 Å². The fraction of sp³-hybridized carbons (Fsp3) is 0.410. The largest absolute Gasteiger partial charge is 0.491 e. The maximum atomic E-state index is 14.9. The van der Waals surface area contributed by atoms with Crippen molar-refractivity contribution in [1.29, 1.82) is 0 Å². The molecule has 2 aromatic carbocycles. The normalized spacial score (nSPS) is 12.8. The molecule has 2 N–H and O–H groups in total. The molecule has 10 nitrogen and oxygen atoms in total. The first-order chi connectivity index (χ1) is 25.0. The monoisotopic (exact) mass is 741 g/mol. The van der Waals surface area contributed by atoms with E-state index in [4.69, 9.17) is 4.74 Å². The molecule has 0 atom stereocenters. The first-order valence-corrected chi connectivity index (χ1v) is 19.3. The van der Waals surface area contributed by atoms with Crippen LogP contribution >= 0.6 is 22.7 Å². The Morgan fingerprint density at radius 3 is 2.62 bits per heavy atom. The molecule has 0 radical (unpaired) electrons. The Balaban J connectivity index is 1.08. The predicted octanol–water partition coefficient (Wildman–Crippen LogP) is 8.49. The molecule has 5 aromatic rings. The summed E-state index contributed by atoms with van der Waals surface area (Å²) >= 11 is 2.89. The van der Waals surface area contributed by atoms with E-state index in [0.29, 0.717) is 65.0 Å². The molecule has 0 saturated heterocycles. The highest BCUT2D eigenvalue weighted by Gasteiger charge is 2.28. The van der Waals surface area contributed by atoms with Crippen LogP contribution in [0.4, 0.5) is 26.3 Å². The molecule has 0 fully saturated rings. The van der Waals surface area contributed by atoms with Gasteiger partial charge in [0.2, 0.25) is 0 Å². The maximum Gasteiger partial charge on any atom is 0.355 e. The number of nitrogens with zero attached hydrogens (tertiary/aromatic N) is 6. The summed E-state index contributed by atoms with van der Waals surface area (Å²) in [6.45, 7) is 14.2. The molecule has 0 amide bonds. The summed E-state index contributed by atoms with van der Waals surface area (Å²) in [6.07, 6.45) is 2.59. The van der Waals surface area contributed by atoms with Crippen LogP contribution in [0.1, 0.15) is 72.6 Å². The van der Waals surface area contributed by atoms with Gasteiger partial charge in [0.15, 0.2) is 39.2 Å². The molecule has 1 aliphatic rings. The van der Waals surface area contributed by atoms with Crippen LogP contribution in [0.25, 0.3) is 10.2 Å². The minimum absolute atomic E-state index is 0.0142. The van der Waals surface area contributed by atoms with Crippen molar-refractivity contribution in [2.45, 2.75) is 60.3 Å². The minimum Gasteiger partial charge on any atom is -0.491 e. The van der Waals surface area contributed by atoms with Crippen LogP contribution in [0.3, 0.4) is 0 Å². The number of aryl methyl sites for hydroxylation is 1. The zero-order valence-corrected chi connectivity index (χ0v) is 31.8. The van der Waals surface area contributed by atoms with Crippen molar-refractivity contribution in [2.24, 2.45) is 11.8 Å². The molecule has 0 bridgehead atoms. The van der Waals surface area contributed by atoms with Gasteiger partial charge in [0.1, 0.15) is 0 Å². The Morgan fingerprint density at radius 1 is 1.10 bits per heavy atom. The molecule has 52 heavy (non-hydrogen) atoms. The van der Waals surface area contributed by atoms with Gasteiger partial charge in [-0.3, -0.25) is 4.90 Å². The lowest BCUT2D eigenvalue weighted by molar-refractivity contribution is 0.0690. The number of thiazole rings is 2. The van der Waals surface area contributed by atoms with Crippen molar-refractivity contribution < 1.29 is 19.0 Å². The minimum atomic E-state index is -1.09. The summed E-state index contributed by atoms with van der Waals surface area (Å²) in [6, 6.07) is 12.7. The Bertz CT molecular complexity index is 2060. The average Bonchev–Trinajstić information content (AvgIpc) is 3.72. The average molecular weight is 742 g/mol. The smallest absolute Gasteiger partial charge is 0.355 e. The lowest BCUT2D eigenvalue weighted by atomic mass is 10.0. The second kappa shape index (κ2) is 16.8. The van der Waals surface area contributed by atoms with Gasteiger partial charge >= 0.3 is 5.97 Å². The Morgan fingerprint density at radius 2 is 1.88 bits per heavy atom. The molecule has 13 heteroatoms. The molecule has 1 aliphatic heterocycles. The van der Waals surface area contributed by atoms with Gasteiger partial charge in [-0.05, 0) is 74.8 Å².